The van der Waals surface area contributed by atoms with E-state index in [9.17, 15) is 9.59 Å². The Labute approximate surface area is 162 Å². The Balaban J connectivity index is 2.91. The number of halogens is 5. The van der Waals surface area contributed by atoms with E-state index in [-0.39, 0.29) is 30.1 Å². The first-order valence-corrected chi connectivity index (χ1v) is 9.26. The maximum atomic E-state index is 12.6. The number of rotatable bonds is 5. The molecule has 4 nitrogen and oxygen atoms in total. The molecule has 1 fully saturated rings. The predicted octanol–water partition coefficient (Wildman–Crippen LogP) is 3.88. The molecule has 0 radical (unpaired) electrons. The van der Waals surface area contributed by atoms with Gasteiger partial charge < -0.3 is 9.80 Å². The van der Waals surface area contributed by atoms with Crippen LogP contribution in [-0.2, 0) is 9.59 Å². The summed E-state index contributed by atoms with van der Waals surface area (Å²) < 4.78 is -1.49. The van der Waals surface area contributed by atoms with Crippen molar-refractivity contribution in [2.75, 3.05) is 14.1 Å². The molecule has 0 aromatic heterocycles. The fourth-order valence-electron chi connectivity index (χ4n) is 2.55. The first kappa shape index (κ1) is 21.4. The van der Waals surface area contributed by atoms with E-state index >= 15 is 0 Å². The van der Waals surface area contributed by atoms with Crippen LogP contribution in [0.25, 0.3) is 0 Å². The van der Waals surface area contributed by atoms with Crippen molar-refractivity contribution in [2.45, 2.75) is 47.4 Å². The molecule has 0 saturated carbocycles. The zero-order valence-electron chi connectivity index (χ0n) is 13.4. The van der Waals surface area contributed by atoms with Crippen LogP contribution in [0.3, 0.4) is 0 Å². The maximum absolute atomic E-state index is 12.6. The summed E-state index contributed by atoms with van der Waals surface area (Å²) in [5, 5.41) is 0. The van der Waals surface area contributed by atoms with E-state index in [1.807, 2.05) is 6.92 Å². The van der Waals surface area contributed by atoms with E-state index in [1.54, 1.807) is 21.0 Å². The summed E-state index contributed by atoms with van der Waals surface area (Å²) in [5.74, 6) is -0.830. The molecule has 1 aliphatic heterocycles. The van der Waals surface area contributed by atoms with Crippen LogP contribution < -0.4 is 0 Å². The lowest BCUT2D eigenvalue weighted by molar-refractivity contribution is -0.159. The van der Waals surface area contributed by atoms with Gasteiger partial charge in [-0.25, -0.2) is 0 Å². The standard InChI is InChI=1S/C14H21Cl5N2O2/c1-7(11(15)16)5-9-12(22)21(4)10(13(23)20(9)3)6-8(2)14(17,18)19/h7-11H,5-6H2,1-4H3/t7?,8?,9-,10-/m0/s1. The van der Waals surface area contributed by atoms with E-state index in [0.29, 0.717) is 6.42 Å². The van der Waals surface area contributed by atoms with Gasteiger partial charge in [-0.2, -0.15) is 0 Å². The van der Waals surface area contributed by atoms with Gasteiger partial charge in [-0.05, 0) is 18.8 Å². The molecule has 1 saturated heterocycles. The van der Waals surface area contributed by atoms with Gasteiger partial charge in [-0.15, -0.1) is 23.2 Å². The normalized spacial score (nSPS) is 26.0. The number of amides is 2. The van der Waals surface area contributed by atoms with Crippen molar-refractivity contribution in [3.63, 3.8) is 0 Å². The second-order valence-corrected chi connectivity index (χ2v) is 9.69. The Bertz CT molecular complexity index is 455. The molecular formula is C14H21Cl5N2O2. The van der Waals surface area contributed by atoms with Crippen molar-refractivity contribution in [1.29, 1.82) is 0 Å². The van der Waals surface area contributed by atoms with Crippen molar-refractivity contribution >= 4 is 69.8 Å². The topological polar surface area (TPSA) is 40.6 Å². The average molecular weight is 427 g/mol. The van der Waals surface area contributed by atoms with Crippen molar-refractivity contribution in [2.24, 2.45) is 11.8 Å². The highest BCUT2D eigenvalue weighted by Crippen LogP contribution is 2.38. The molecule has 2 amide bonds. The summed E-state index contributed by atoms with van der Waals surface area (Å²) in [6.45, 7) is 3.58. The second kappa shape index (κ2) is 8.18. The summed E-state index contributed by atoms with van der Waals surface area (Å²) in [4.78, 5) is 27.6. The summed E-state index contributed by atoms with van der Waals surface area (Å²) >= 11 is 29.3. The molecular weight excluding hydrogens is 405 g/mol. The number of hydrogen-bond acceptors (Lipinski definition) is 2. The van der Waals surface area contributed by atoms with Gasteiger partial charge in [0.05, 0.1) is 0 Å². The molecule has 134 valence electrons. The Hall–Kier alpha value is 0.390. The number of nitrogens with zero attached hydrogens (tertiary/aromatic N) is 2. The van der Waals surface area contributed by atoms with Crippen LogP contribution in [0.4, 0.5) is 0 Å². The molecule has 1 heterocycles. The van der Waals surface area contributed by atoms with Crippen molar-refractivity contribution in [3.8, 4) is 0 Å². The molecule has 0 aliphatic carbocycles. The Morgan fingerprint density at radius 3 is 1.70 bits per heavy atom. The molecule has 0 aromatic carbocycles. The first-order chi connectivity index (χ1) is 10.4. The highest BCUT2D eigenvalue weighted by atomic mass is 35.6. The lowest BCUT2D eigenvalue weighted by Gasteiger charge is -2.43. The van der Waals surface area contributed by atoms with Crippen molar-refractivity contribution < 1.29 is 9.59 Å². The number of alkyl halides is 5. The van der Waals surface area contributed by atoms with Crippen LogP contribution in [0.2, 0.25) is 0 Å². The maximum Gasteiger partial charge on any atom is 0.245 e. The average Bonchev–Trinajstić information content (AvgIpc) is 2.44. The lowest BCUT2D eigenvalue weighted by atomic mass is 9.93. The highest BCUT2D eigenvalue weighted by Gasteiger charge is 2.45. The summed E-state index contributed by atoms with van der Waals surface area (Å²) in [6.07, 6.45) is 0.674. The van der Waals surface area contributed by atoms with E-state index in [2.05, 4.69) is 0 Å². The number of carbonyl (C=O) groups excluding carboxylic acids is 2. The Morgan fingerprint density at radius 2 is 1.35 bits per heavy atom. The molecule has 1 aliphatic rings. The molecule has 0 aromatic rings. The van der Waals surface area contributed by atoms with Crippen LogP contribution in [-0.4, -0.2) is 56.4 Å². The van der Waals surface area contributed by atoms with Crippen molar-refractivity contribution in [3.05, 3.63) is 0 Å². The number of carbonyl (C=O) groups is 2. The first-order valence-electron chi connectivity index (χ1n) is 7.26. The third-order valence-electron chi connectivity index (χ3n) is 4.36. The van der Waals surface area contributed by atoms with Gasteiger partial charge in [0, 0.05) is 20.0 Å². The highest BCUT2D eigenvalue weighted by molar-refractivity contribution is 6.67. The SMILES string of the molecule is CC(C[C@H]1C(=O)N(C)[C@@H](CC(C)C(Cl)(Cl)Cl)C(=O)N1C)C(Cl)Cl. The van der Waals surface area contributed by atoms with E-state index < -0.39 is 20.7 Å². The summed E-state index contributed by atoms with van der Waals surface area (Å²) in [6, 6.07) is -1.23. The van der Waals surface area contributed by atoms with Crippen molar-refractivity contribution in [1.82, 2.24) is 9.80 Å². The molecule has 1 rings (SSSR count). The fourth-order valence-corrected chi connectivity index (χ4v) is 3.02. The third kappa shape index (κ3) is 5.18. The molecule has 0 spiro atoms. The van der Waals surface area contributed by atoms with Gasteiger partial charge in [0.15, 0.2) is 3.79 Å². The van der Waals surface area contributed by atoms with Gasteiger partial charge in [-0.1, -0.05) is 48.7 Å². The van der Waals surface area contributed by atoms with Crippen LogP contribution in [0.5, 0.6) is 0 Å². The van der Waals surface area contributed by atoms with Gasteiger partial charge in [0.1, 0.15) is 16.9 Å². The van der Waals surface area contributed by atoms with E-state index in [4.69, 9.17) is 58.0 Å². The number of hydrogen-bond donors (Lipinski definition) is 0. The van der Waals surface area contributed by atoms with Crippen LogP contribution in [0, 0.1) is 11.8 Å². The van der Waals surface area contributed by atoms with Crippen LogP contribution in [0.1, 0.15) is 26.7 Å². The lowest BCUT2D eigenvalue weighted by Crippen LogP contribution is -2.63. The monoisotopic (exact) mass is 424 g/mol. The second-order valence-electron chi connectivity index (χ2n) is 6.16. The largest absolute Gasteiger partial charge is 0.332 e. The smallest absolute Gasteiger partial charge is 0.245 e. The van der Waals surface area contributed by atoms with Gasteiger partial charge in [0.25, 0.3) is 0 Å². The van der Waals surface area contributed by atoms with E-state index in [0.717, 1.165) is 0 Å². The molecule has 0 N–H and O–H groups in total. The van der Waals surface area contributed by atoms with Crippen LogP contribution >= 0.6 is 58.0 Å². The molecule has 23 heavy (non-hydrogen) atoms. The molecule has 9 heteroatoms. The number of piperazine rings is 1. The zero-order valence-corrected chi connectivity index (χ0v) is 17.2. The minimum Gasteiger partial charge on any atom is -0.332 e. The molecule has 2 unspecified atom stereocenters. The zero-order chi connectivity index (χ0) is 18.1. The third-order valence-corrected chi connectivity index (χ3v) is 6.34. The van der Waals surface area contributed by atoms with Crippen LogP contribution in [0.15, 0.2) is 0 Å². The number of likely N-dealkylation sites (N-methyl/N-ethyl adjacent to an activating group) is 2. The predicted molar refractivity (Wildman–Crippen MR) is 96.5 cm³/mol. The quantitative estimate of drug-likeness (QED) is 0.626. The van der Waals surface area contributed by atoms with Gasteiger partial charge in [0.2, 0.25) is 11.8 Å². The summed E-state index contributed by atoms with van der Waals surface area (Å²) in [7, 11) is 3.20. The fraction of sp³-hybridized carbons (Fsp3) is 0.857. The molecule has 0 bridgehead atoms. The Morgan fingerprint density at radius 1 is 0.957 bits per heavy atom. The molecule has 4 atom stereocenters. The van der Waals surface area contributed by atoms with Gasteiger partial charge in [-0.3, -0.25) is 9.59 Å². The summed E-state index contributed by atoms with van der Waals surface area (Å²) in [5.41, 5.74) is 0. The van der Waals surface area contributed by atoms with E-state index in [1.165, 1.54) is 9.80 Å². The Kier molecular flexibility index (Phi) is 7.62. The minimum absolute atomic E-state index is 0.118. The minimum atomic E-state index is -1.49. The van der Waals surface area contributed by atoms with Gasteiger partial charge >= 0.3 is 0 Å².